The summed E-state index contributed by atoms with van der Waals surface area (Å²) < 4.78 is 4.89. The Labute approximate surface area is 95.6 Å². The van der Waals surface area contributed by atoms with Crippen molar-refractivity contribution >= 4 is 12.0 Å². The zero-order chi connectivity index (χ0) is 12.0. The third-order valence-corrected chi connectivity index (χ3v) is 2.43. The summed E-state index contributed by atoms with van der Waals surface area (Å²) >= 11 is 0. The summed E-state index contributed by atoms with van der Waals surface area (Å²) in [6.07, 6.45) is 2.97. The summed E-state index contributed by atoms with van der Waals surface area (Å²) in [6, 6.07) is 0. The molecule has 0 atom stereocenters. The molecule has 0 aromatic carbocycles. The second kappa shape index (κ2) is 6.15. The number of amides is 2. The van der Waals surface area contributed by atoms with E-state index in [9.17, 15) is 9.59 Å². The van der Waals surface area contributed by atoms with Gasteiger partial charge in [0.25, 0.3) is 0 Å². The molecule has 90 valence electrons. The molecular weight excluding hydrogens is 208 g/mol. The van der Waals surface area contributed by atoms with E-state index in [0.717, 1.165) is 0 Å². The molecule has 0 aliphatic carbocycles. The lowest BCUT2D eigenvalue weighted by Gasteiger charge is -2.33. The molecule has 1 heterocycles. The Morgan fingerprint density at radius 3 is 2.25 bits per heavy atom. The maximum Gasteiger partial charge on any atom is 0.409 e. The van der Waals surface area contributed by atoms with Crippen LogP contribution in [0.25, 0.3) is 0 Å². The van der Waals surface area contributed by atoms with Crippen LogP contribution >= 0.6 is 0 Å². The number of carbonyl (C=O) groups excluding carboxylic acids is 2. The lowest BCUT2D eigenvalue weighted by molar-refractivity contribution is -0.127. The van der Waals surface area contributed by atoms with Crippen LogP contribution in [0.4, 0.5) is 4.79 Å². The number of nitrogens with zero attached hydrogens (tertiary/aromatic N) is 2. The van der Waals surface area contributed by atoms with Gasteiger partial charge in [-0.2, -0.15) is 0 Å². The van der Waals surface area contributed by atoms with E-state index in [1.807, 2.05) is 6.92 Å². The van der Waals surface area contributed by atoms with E-state index in [0.29, 0.717) is 32.8 Å². The van der Waals surface area contributed by atoms with Crippen LogP contribution in [-0.4, -0.2) is 54.6 Å². The van der Waals surface area contributed by atoms with Crippen LogP contribution in [0.15, 0.2) is 12.2 Å². The molecule has 1 aliphatic rings. The van der Waals surface area contributed by atoms with Crippen molar-refractivity contribution in [3.8, 4) is 0 Å². The van der Waals surface area contributed by atoms with E-state index in [-0.39, 0.29) is 12.0 Å². The predicted molar refractivity (Wildman–Crippen MR) is 60.0 cm³/mol. The molecule has 0 spiro atoms. The standard InChI is InChI=1S/C11H18N2O3/c1-3-5-10(14)12-6-8-13(9-7-12)11(15)16-4-2/h3,5H,4,6-9H2,1-2H3. The summed E-state index contributed by atoms with van der Waals surface area (Å²) in [6.45, 7) is 6.21. The van der Waals surface area contributed by atoms with E-state index in [1.165, 1.54) is 0 Å². The number of hydrogen-bond donors (Lipinski definition) is 0. The average Bonchev–Trinajstić information content (AvgIpc) is 2.30. The fraction of sp³-hybridized carbons (Fsp3) is 0.636. The average molecular weight is 226 g/mol. The van der Waals surface area contributed by atoms with Crippen molar-refractivity contribution in [2.75, 3.05) is 32.8 Å². The number of carbonyl (C=O) groups is 2. The van der Waals surface area contributed by atoms with Gasteiger partial charge in [-0.05, 0) is 19.9 Å². The van der Waals surface area contributed by atoms with Crippen LogP contribution in [0.5, 0.6) is 0 Å². The maximum absolute atomic E-state index is 11.5. The van der Waals surface area contributed by atoms with Crippen molar-refractivity contribution < 1.29 is 14.3 Å². The van der Waals surface area contributed by atoms with Gasteiger partial charge in [-0.15, -0.1) is 0 Å². The molecule has 0 bridgehead atoms. The van der Waals surface area contributed by atoms with Gasteiger partial charge in [0.05, 0.1) is 6.61 Å². The Kier molecular flexibility index (Phi) is 4.82. The van der Waals surface area contributed by atoms with Gasteiger partial charge < -0.3 is 14.5 Å². The number of piperazine rings is 1. The summed E-state index contributed by atoms with van der Waals surface area (Å²) in [5.74, 6) is 0.00556. The van der Waals surface area contributed by atoms with Crippen LogP contribution < -0.4 is 0 Å². The SMILES string of the molecule is CC=CC(=O)N1CCN(C(=O)OCC)CC1. The fourth-order valence-electron chi connectivity index (χ4n) is 1.57. The number of rotatable bonds is 2. The van der Waals surface area contributed by atoms with Gasteiger partial charge in [0.1, 0.15) is 0 Å². The van der Waals surface area contributed by atoms with E-state index in [4.69, 9.17) is 4.74 Å². The second-order valence-electron chi connectivity index (χ2n) is 3.51. The number of ether oxygens (including phenoxy) is 1. The Bertz CT molecular complexity index is 281. The molecular formula is C11H18N2O3. The Balaban J connectivity index is 2.39. The molecule has 0 N–H and O–H groups in total. The van der Waals surface area contributed by atoms with Crippen molar-refractivity contribution in [2.45, 2.75) is 13.8 Å². The molecule has 1 rings (SSSR count). The first-order valence-electron chi connectivity index (χ1n) is 5.52. The molecule has 2 amide bonds. The quantitative estimate of drug-likeness (QED) is 0.656. The smallest absolute Gasteiger partial charge is 0.409 e. The summed E-state index contributed by atoms with van der Waals surface area (Å²) in [4.78, 5) is 26.3. The van der Waals surface area contributed by atoms with Crippen LogP contribution in [0.2, 0.25) is 0 Å². The summed E-state index contributed by atoms with van der Waals surface area (Å²) in [5.41, 5.74) is 0. The predicted octanol–water partition coefficient (Wildman–Crippen LogP) is 0.863. The van der Waals surface area contributed by atoms with E-state index < -0.39 is 0 Å². The monoisotopic (exact) mass is 226 g/mol. The van der Waals surface area contributed by atoms with Crippen LogP contribution in [0.3, 0.4) is 0 Å². The van der Waals surface area contributed by atoms with Crippen molar-refractivity contribution in [2.24, 2.45) is 0 Å². The van der Waals surface area contributed by atoms with E-state index in [1.54, 1.807) is 28.9 Å². The highest BCUT2D eigenvalue weighted by Crippen LogP contribution is 2.04. The van der Waals surface area contributed by atoms with Gasteiger partial charge in [-0.25, -0.2) is 4.79 Å². The zero-order valence-corrected chi connectivity index (χ0v) is 9.81. The Morgan fingerprint density at radius 1 is 1.19 bits per heavy atom. The molecule has 0 aromatic heterocycles. The topological polar surface area (TPSA) is 49.9 Å². The second-order valence-corrected chi connectivity index (χ2v) is 3.51. The van der Waals surface area contributed by atoms with Crippen molar-refractivity contribution in [3.05, 3.63) is 12.2 Å². The first-order valence-corrected chi connectivity index (χ1v) is 5.52. The number of hydrogen-bond acceptors (Lipinski definition) is 3. The molecule has 1 saturated heterocycles. The highest BCUT2D eigenvalue weighted by Gasteiger charge is 2.23. The molecule has 0 aromatic rings. The molecule has 1 fully saturated rings. The van der Waals surface area contributed by atoms with Gasteiger partial charge >= 0.3 is 6.09 Å². The first kappa shape index (κ1) is 12.5. The van der Waals surface area contributed by atoms with Gasteiger partial charge in [0.15, 0.2) is 0 Å². The highest BCUT2D eigenvalue weighted by molar-refractivity contribution is 5.87. The van der Waals surface area contributed by atoms with Crippen molar-refractivity contribution in [1.82, 2.24) is 9.80 Å². The highest BCUT2D eigenvalue weighted by atomic mass is 16.6. The van der Waals surface area contributed by atoms with Gasteiger partial charge in [-0.1, -0.05) is 6.08 Å². The molecule has 0 radical (unpaired) electrons. The lowest BCUT2D eigenvalue weighted by Crippen LogP contribution is -2.50. The van der Waals surface area contributed by atoms with Gasteiger partial charge in [0.2, 0.25) is 5.91 Å². The van der Waals surface area contributed by atoms with Crippen molar-refractivity contribution in [1.29, 1.82) is 0 Å². The molecule has 0 saturated carbocycles. The summed E-state index contributed by atoms with van der Waals surface area (Å²) in [5, 5.41) is 0. The van der Waals surface area contributed by atoms with Gasteiger partial charge in [0, 0.05) is 26.2 Å². The third kappa shape index (κ3) is 3.25. The Hall–Kier alpha value is -1.52. The zero-order valence-electron chi connectivity index (χ0n) is 9.81. The largest absolute Gasteiger partial charge is 0.450 e. The minimum Gasteiger partial charge on any atom is -0.450 e. The lowest BCUT2D eigenvalue weighted by atomic mass is 10.3. The third-order valence-electron chi connectivity index (χ3n) is 2.43. The molecule has 5 nitrogen and oxygen atoms in total. The minimum absolute atomic E-state index is 0.00556. The maximum atomic E-state index is 11.5. The molecule has 5 heteroatoms. The summed E-state index contributed by atoms with van der Waals surface area (Å²) in [7, 11) is 0. The van der Waals surface area contributed by atoms with Crippen LogP contribution in [0, 0.1) is 0 Å². The van der Waals surface area contributed by atoms with Crippen molar-refractivity contribution in [3.63, 3.8) is 0 Å². The minimum atomic E-state index is -0.291. The van der Waals surface area contributed by atoms with Gasteiger partial charge in [-0.3, -0.25) is 4.79 Å². The van der Waals surface area contributed by atoms with E-state index >= 15 is 0 Å². The molecule has 0 unspecified atom stereocenters. The van der Waals surface area contributed by atoms with Crippen LogP contribution in [0.1, 0.15) is 13.8 Å². The van der Waals surface area contributed by atoms with Crippen LogP contribution in [-0.2, 0) is 9.53 Å². The number of allylic oxidation sites excluding steroid dienone is 1. The molecule has 16 heavy (non-hydrogen) atoms. The molecule has 1 aliphatic heterocycles. The first-order chi connectivity index (χ1) is 7.69. The van der Waals surface area contributed by atoms with E-state index in [2.05, 4.69) is 0 Å². The normalized spacial score (nSPS) is 16.6. The fourth-order valence-corrected chi connectivity index (χ4v) is 1.57. The Morgan fingerprint density at radius 2 is 1.75 bits per heavy atom.